The Balaban J connectivity index is 1.58. The fraction of sp³-hybridized carbons (Fsp3) is 0.0417. The van der Waals surface area contributed by atoms with Gasteiger partial charge in [-0.05, 0) is 78.0 Å². The van der Waals surface area contributed by atoms with Crippen LogP contribution in [-0.2, 0) is 11.3 Å². The summed E-state index contributed by atoms with van der Waals surface area (Å²) in [5, 5.41) is 0.0533. The van der Waals surface area contributed by atoms with Crippen molar-refractivity contribution in [2.75, 3.05) is 0 Å². The minimum Gasteiger partial charge on any atom is -0.422 e. The molecule has 0 unspecified atom stereocenters. The van der Waals surface area contributed by atoms with E-state index in [0.29, 0.717) is 26.2 Å². The summed E-state index contributed by atoms with van der Waals surface area (Å²) >= 11 is 10.0. The summed E-state index contributed by atoms with van der Waals surface area (Å²) in [6.45, 7) is 0.0270. The van der Waals surface area contributed by atoms with E-state index in [2.05, 4.69) is 15.9 Å². The van der Waals surface area contributed by atoms with Gasteiger partial charge >= 0.3 is 5.97 Å². The highest BCUT2D eigenvalue weighted by Gasteiger charge is 2.35. The molecule has 0 saturated carbocycles. The van der Waals surface area contributed by atoms with Crippen LogP contribution < -0.4 is 4.74 Å². The predicted octanol–water partition coefficient (Wildman–Crippen LogP) is 6.70. The number of halogens is 3. The first-order valence-electron chi connectivity index (χ1n) is 9.57. The number of ether oxygens (including phenoxy) is 1. The maximum absolute atomic E-state index is 13.1. The smallest absolute Gasteiger partial charge is 0.343 e. The Morgan fingerprint density at radius 3 is 2.45 bits per heavy atom. The first kappa shape index (κ1) is 23.2. The molecule has 0 atom stereocenters. The van der Waals surface area contributed by atoms with Crippen LogP contribution in [0.1, 0.15) is 21.5 Å². The van der Waals surface area contributed by atoms with Crippen LogP contribution in [0.25, 0.3) is 6.08 Å². The van der Waals surface area contributed by atoms with Crippen molar-refractivity contribution in [2.24, 2.45) is 0 Å². The number of carbonyl (C=O) groups is 3. The van der Waals surface area contributed by atoms with E-state index in [9.17, 15) is 18.8 Å². The van der Waals surface area contributed by atoms with Crippen molar-refractivity contribution in [1.82, 2.24) is 4.90 Å². The van der Waals surface area contributed by atoms with Crippen molar-refractivity contribution in [1.29, 1.82) is 0 Å². The van der Waals surface area contributed by atoms with E-state index in [1.807, 2.05) is 0 Å². The fourth-order valence-corrected chi connectivity index (χ4v) is 4.35. The number of nitrogens with zero attached hydrogens (tertiary/aromatic N) is 1. The summed E-state index contributed by atoms with van der Waals surface area (Å²) in [4.78, 5) is 39.1. The molecule has 4 rings (SSSR count). The Morgan fingerprint density at radius 2 is 1.76 bits per heavy atom. The Hall–Kier alpha value is -2.94. The van der Waals surface area contributed by atoms with Crippen molar-refractivity contribution in [3.05, 3.63) is 104 Å². The Labute approximate surface area is 206 Å². The second-order valence-corrected chi connectivity index (χ2v) is 9.32. The molecule has 1 aliphatic rings. The molecule has 0 bridgehead atoms. The van der Waals surface area contributed by atoms with Gasteiger partial charge in [-0.2, -0.15) is 0 Å². The van der Waals surface area contributed by atoms with Crippen molar-refractivity contribution >= 4 is 62.5 Å². The monoisotopic (exact) mass is 545 g/mol. The third-order valence-corrected chi connectivity index (χ3v) is 6.32. The van der Waals surface area contributed by atoms with Gasteiger partial charge in [-0.1, -0.05) is 39.7 Å². The number of hydrogen-bond donors (Lipinski definition) is 0. The molecule has 1 aliphatic heterocycles. The van der Waals surface area contributed by atoms with Crippen LogP contribution in [0.5, 0.6) is 5.75 Å². The number of esters is 1. The molecule has 0 aromatic heterocycles. The van der Waals surface area contributed by atoms with Crippen molar-refractivity contribution in [3.8, 4) is 5.75 Å². The molecule has 1 fully saturated rings. The lowest BCUT2D eigenvalue weighted by atomic mass is 10.1. The van der Waals surface area contributed by atoms with Crippen LogP contribution in [0, 0.1) is 5.82 Å². The zero-order valence-corrected chi connectivity index (χ0v) is 19.9. The molecule has 1 heterocycles. The molecule has 5 nitrogen and oxygen atoms in total. The van der Waals surface area contributed by atoms with Crippen LogP contribution >= 0.6 is 39.3 Å². The van der Waals surface area contributed by atoms with E-state index < -0.39 is 22.9 Å². The zero-order valence-electron chi connectivity index (χ0n) is 16.8. The largest absolute Gasteiger partial charge is 0.422 e. The lowest BCUT2D eigenvalue weighted by Crippen LogP contribution is -2.27. The highest BCUT2D eigenvalue weighted by atomic mass is 79.9. The topological polar surface area (TPSA) is 63.7 Å². The molecule has 3 aromatic rings. The van der Waals surface area contributed by atoms with Gasteiger partial charge in [0.15, 0.2) is 0 Å². The summed E-state index contributed by atoms with van der Waals surface area (Å²) in [6, 6.07) is 16.8. The molecule has 166 valence electrons. The third kappa shape index (κ3) is 5.52. The maximum Gasteiger partial charge on any atom is 0.343 e. The van der Waals surface area contributed by atoms with Gasteiger partial charge in [0.1, 0.15) is 11.6 Å². The lowest BCUT2D eigenvalue weighted by molar-refractivity contribution is -0.123. The Kier molecular flexibility index (Phi) is 6.97. The summed E-state index contributed by atoms with van der Waals surface area (Å²) in [5.41, 5.74) is 1.38. The van der Waals surface area contributed by atoms with E-state index >= 15 is 0 Å². The van der Waals surface area contributed by atoms with E-state index in [0.717, 1.165) is 16.7 Å². The number of hydrogen-bond acceptors (Lipinski definition) is 5. The van der Waals surface area contributed by atoms with E-state index in [4.69, 9.17) is 16.3 Å². The SMILES string of the molecule is O=C(Oc1ccc(Br)cc1/C=C1\SC(=O)N(Cc2ccc(F)cc2)C1=O)c1ccc(Cl)cc1. The van der Waals surface area contributed by atoms with Crippen molar-refractivity contribution in [2.45, 2.75) is 6.54 Å². The Morgan fingerprint density at radius 1 is 1.06 bits per heavy atom. The number of amides is 2. The second kappa shape index (κ2) is 9.91. The lowest BCUT2D eigenvalue weighted by Gasteiger charge is -2.12. The van der Waals surface area contributed by atoms with E-state index in [1.165, 1.54) is 30.3 Å². The van der Waals surface area contributed by atoms with Crippen molar-refractivity contribution < 1.29 is 23.5 Å². The van der Waals surface area contributed by atoms with Gasteiger partial charge < -0.3 is 4.74 Å². The summed E-state index contributed by atoms with van der Waals surface area (Å²) < 4.78 is 19.4. The van der Waals surface area contributed by atoms with Gasteiger partial charge in [0.2, 0.25) is 0 Å². The highest BCUT2D eigenvalue weighted by molar-refractivity contribution is 9.10. The molecule has 33 heavy (non-hydrogen) atoms. The number of rotatable bonds is 5. The quantitative estimate of drug-likeness (QED) is 0.202. The van der Waals surface area contributed by atoms with Gasteiger partial charge in [-0.15, -0.1) is 0 Å². The molecular weight excluding hydrogens is 533 g/mol. The standard InChI is InChI=1S/C24H14BrClFNO4S/c25-17-5-10-20(32-23(30)15-3-6-18(26)7-4-15)16(11-17)12-21-22(29)28(24(31)33-21)13-14-1-8-19(27)9-2-14/h1-12H,13H2/b21-12-. The van der Waals surface area contributed by atoms with Crippen molar-refractivity contribution in [3.63, 3.8) is 0 Å². The summed E-state index contributed by atoms with van der Waals surface area (Å²) in [7, 11) is 0. The molecule has 0 spiro atoms. The Bertz CT molecular complexity index is 1280. The van der Waals surface area contributed by atoms with E-state index in [-0.39, 0.29) is 17.2 Å². The van der Waals surface area contributed by atoms with Crippen LogP contribution in [0.3, 0.4) is 0 Å². The summed E-state index contributed by atoms with van der Waals surface area (Å²) in [5.74, 6) is -1.25. The van der Waals surface area contributed by atoms with Gasteiger partial charge in [0.05, 0.1) is 17.0 Å². The minimum absolute atomic E-state index is 0.0270. The number of benzene rings is 3. The zero-order chi connectivity index (χ0) is 23.5. The number of carbonyl (C=O) groups excluding carboxylic acids is 3. The molecular formula is C24H14BrClFNO4S. The summed E-state index contributed by atoms with van der Waals surface area (Å²) in [6.07, 6.45) is 1.50. The molecule has 0 radical (unpaired) electrons. The third-order valence-electron chi connectivity index (χ3n) is 4.67. The van der Waals surface area contributed by atoms with Gasteiger partial charge in [0, 0.05) is 15.1 Å². The maximum atomic E-state index is 13.1. The van der Waals surface area contributed by atoms with Crippen LogP contribution in [0.2, 0.25) is 5.02 Å². The second-order valence-electron chi connectivity index (χ2n) is 6.97. The number of imide groups is 1. The highest BCUT2D eigenvalue weighted by Crippen LogP contribution is 2.36. The molecule has 0 N–H and O–H groups in total. The molecule has 0 aliphatic carbocycles. The van der Waals surface area contributed by atoms with Gasteiger partial charge in [0.25, 0.3) is 11.1 Å². The first-order chi connectivity index (χ1) is 15.8. The predicted molar refractivity (Wildman–Crippen MR) is 128 cm³/mol. The molecule has 1 saturated heterocycles. The normalized spacial score (nSPS) is 14.8. The van der Waals surface area contributed by atoms with Crippen LogP contribution in [0.15, 0.2) is 76.1 Å². The molecule has 2 amide bonds. The van der Waals surface area contributed by atoms with E-state index in [1.54, 1.807) is 42.5 Å². The number of thioether (sulfide) groups is 1. The van der Waals surface area contributed by atoms with Crippen LogP contribution in [0.4, 0.5) is 9.18 Å². The average molecular weight is 547 g/mol. The van der Waals surface area contributed by atoms with Gasteiger partial charge in [-0.3, -0.25) is 14.5 Å². The first-order valence-corrected chi connectivity index (χ1v) is 11.6. The average Bonchev–Trinajstić information content (AvgIpc) is 3.05. The van der Waals surface area contributed by atoms with Gasteiger partial charge in [-0.25, -0.2) is 9.18 Å². The minimum atomic E-state index is -0.590. The fourth-order valence-electron chi connectivity index (χ4n) is 3.02. The molecule has 3 aromatic carbocycles. The van der Waals surface area contributed by atoms with Crippen LogP contribution in [-0.4, -0.2) is 22.0 Å². The molecule has 9 heteroatoms.